The van der Waals surface area contributed by atoms with Crippen molar-refractivity contribution < 1.29 is 8.42 Å². The molecule has 4 unspecified atom stereocenters. The van der Waals surface area contributed by atoms with E-state index in [1.54, 1.807) is 0 Å². The molecule has 4 heteroatoms. The summed E-state index contributed by atoms with van der Waals surface area (Å²) >= 11 is 0. The van der Waals surface area contributed by atoms with Gasteiger partial charge in [-0.2, -0.15) is 0 Å². The number of rotatable bonds is 5. The zero-order valence-corrected chi connectivity index (χ0v) is 12.2. The van der Waals surface area contributed by atoms with Crippen molar-refractivity contribution in [3.63, 3.8) is 0 Å². The predicted octanol–water partition coefficient (Wildman–Crippen LogP) is 2.35. The molecule has 102 valence electrons. The fraction of sp³-hybridized carbons (Fsp3) is 1.00. The van der Waals surface area contributed by atoms with E-state index in [4.69, 9.17) is 5.73 Å². The molecule has 1 fully saturated rings. The third-order valence-electron chi connectivity index (χ3n) is 4.25. The second-order valence-electron chi connectivity index (χ2n) is 5.79. The first-order valence-electron chi connectivity index (χ1n) is 6.79. The molecule has 17 heavy (non-hydrogen) atoms. The maximum Gasteiger partial charge on any atom is 0.150 e. The minimum atomic E-state index is -2.88. The monoisotopic (exact) mass is 261 g/mol. The van der Waals surface area contributed by atoms with E-state index in [2.05, 4.69) is 13.8 Å². The Kier molecular flexibility index (Phi) is 5.45. The maximum absolute atomic E-state index is 11.6. The van der Waals surface area contributed by atoms with Gasteiger partial charge in [-0.3, -0.25) is 0 Å². The Hall–Kier alpha value is -0.0900. The summed E-state index contributed by atoms with van der Waals surface area (Å²) in [6.45, 7) is 4.40. The molecule has 0 bridgehead atoms. The predicted molar refractivity (Wildman–Crippen MR) is 72.6 cm³/mol. The summed E-state index contributed by atoms with van der Waals surface area (Å²) < 4.78 is 23.2. The summed E-state index contributed by atoms with van der Waals surface area (Å²) in [5.41, 5.74) is 6.24. The van der Waals surface area contributed by atoms with Crippen molar-refractivity contribution in [2.24, 2.45) is 17.6 Å². The average molecular weight is 261 g/mol. The molecule has 0 amide bonds. The summed E-state index contributed by atoms with van der Waals surface area (Å²) in [4.78, 5) is 0. The van der Waals surface area contributed by atoms with Gasteiger partial charge in [0.05, 0.1) is 5.25 Å². The van der Waals surface area contributed by atoms with Crippen molar-refractivity contribution in [2.45, 2.75) is 63.7 Å². The highest BCUT2D eigenvalue weighted by Crippen LogP contribution is 2.32. The molecular formula is C13H27NO2S. The molecule has 0 radical (unpaired) electrons. The van der Waals surface area contributed by atoms with Crippen LogP contribution in [0.1, 0.15) is 52.4 Å². The molecule has 0 spiro atoms. The molecule has 0 saturated heterocycles. The number of hydrogen-bond donors (Lipinski definition) is 1. The van der Waals surface area contributed by atoms with Gasteiger partial charge in [-0.25, -0.2) is 8.42 Å². The van der Waals surface area contributed by atoms with Crippen LogP contribution in [-0.4, -0.2) is 26.0 Å². The molecule has 4 atom stereocenters. The van der Waals surface area contributed by atoms with Gasteiger partial charge in [-0.1, -0.05) is 26.7 Å². The van der Waals surface area contributed by atoms with Crippen molar-refractivity contribution in [1.82, 2.24) is 0 Å². The van der Waals surface area contributed by atoms with Crippen LogP contribution in [0.3, 0.4) is 0 Å². The second kappa shape index (κ2) is 6.19. The van der Waals surface area contributed by atoms with Crippen molar-refractivity contribution in [2.75, 3.05) is 6.26 Å². The molecule has 1 saturated carbocycles. The normalized spacial score (nSPS) is 29.9. The zero-order valence-electron chi connectivity index (χ0n) is 11.4. The van der Waals surface area contributed by atoms with Crippen LogP contribution >= 0.6 is 0 Å². The van der Waals surface area contributed by atoms with Gasteiger partial charge in [0, 0.05) is 12.3 Å². The van der Waals surface area contributed by atoms with Gasteiger partial charge >= 0.3 is 0 Å². The molecular weight excluding hydrogens is 234 g/mol. The Bertz CT molecular complexity index is 326. The summed E-state index contributed by atoms with van der Waals surface area (Å²) in [6.07, 6.45) is 7.25. The fourth-order valence-electron chi connectivity index (χ4n) is 2.78. The largest absolute Gasteiger partial charge is 0.327 e. The Balaban J connectivity index is 2.54. The molecule has 0 aromatic rings. The Morgan fingerprint density at radius 1 is 1.35 bits per heavy atom. The third-order valence-corrected chi connectivity index (χ3v) is 5.89. The van der Waals surface area contributed by atoms with Gasteiger partial charge in [-0.15, -0.1) is 0 Å². The fourth-order valence-corrected chi connectivity index (χ4v) is 3.97. The smallest absolute Gasteiger partial charge is 0.150 e. The van der Waals surface area contributed by atoms with Crippen LogP contribution in [0.5, 0.6) is 0 Å². The topological polar surface area (TPSA) is 60.2 Å². The molecule has 0 aliphatic heterocycles. The lowest BCUT2D eigenvalue weighted by atomic mass is 9.80. The van der Waals surface area contributed by atoms with Crippen LogP contribution in [0, 0.1) is 11.8 Å². The molecule has 0 heterocycles. The number of sulfone groups is 1. The Morgan fingerprint density at radius 2 is 2.00 bits per heavy atom. The first kappa shape index (κ1) is 15.0. The summed E-state index contributed by atoms with van der Waals surface area (Å²) in [7, 11) is -2.88. The van der Waals surface area contributed by atoms with Gasteiger partial charge in [0.15, 0.2) is 0 Å². The summed E-state index contributed by atoms with van der Waals surface area (Å²) in [6, 6.07) is 0.175. The number of hydrogen-bond acceptors (Lipinski definition) is 3. The van der Waals surface area contributed by atoms with Gasteiger partial charge in [0.1, 0.15) is 9.84 Å². The molecule has 0 aromatic heterocycles. The van der Waals surface area contributed by atoms with Crippen LogP contribution in [0.25, 0.3) is 0 Å². The van der Waals surface area contributed by atoms with Gasteiger partial charge < -0.3 is 5.73 Å². The van der Waals surface area contributed by atoms with Gasteiger partial charge in [-0.05, 0) is 37.5 Å². The van der Waals surface area contributed by atoms with E-state index in [0.29, 0.717) is 11.8 Å². The molecule has 1 aliphatic carbocycles. The summed E-state index contributed by atoms with van der Waals surface area (Å²) in [5.74, 6) is 1.04. The highest BCUT2D eigenvalue weighted by atomic mass is 32.2. The van der Waals surface area contributed by atoms with E-state index in [9.17, 15) is 8.42 Å². The minimum absolute atomic E-state index is 0.149. The lowest BCUT2D eigenvalue weighted by Gasteiger charge is -2.33. The molecule has 0 aromatic carbocycles. The Morgan fingerprint density at radius 3 is 2.53 bits per heavy atom. The highest BCUT2D eigenvalue weighted by Gasteiger charge is 2.31. The van der Waals surface area contributed by atoms with Crippen molar-refractivity contribution in [3.05, 3.63) is 0 Å². The van der Waals surface area contributed by atoms with Gasteiger partial charge in [0.2, 0.25) is 0 Å². The lowest BCUT2D eigenvalue weighted by Crippen LogP contribution is -2.38. The van der Waals surface area contributed by atoms with E-state index in [1.807, 2.05) is 0 Å². The first-order chi connectivity index (χ1) is 7.84. The maximum atomic E-state index is 11.6. The SMILES string of the molecule is CCC(C)CC(N)C1CCCC(S(C)(=O)=O)C1. The standard InChI is InChI=1S/C13H27NO2S/c1-4-10(2)8-13(14)11-6-5-7-12(9-11)17(3,15)16/h10-13H,4-9,14H2,1-3H3. The van der Waals surface area contributed by atoms with E-state index in [0.717, 1.165) is 38.5 Å². The molecule has 3 nitrogen and oxygen atoms in total. The lowest BCUT2D eigenvalue weighted by molar-refractivity contribution is 0.273. The minimum Gasteiger partial charge on any atom is -0.327 e. The third kappa shape index (κ3) is 4.59. The van der Waals surface area contributed by atoms with E-state index in [1.165, 1.54) is 6.26 Å². The molecule has 1 aliphatic rings. The first-order valence-corrected chi connectivity index (χ1v) is 8.74. The zero-order chi connectivity index (χ0) is 13.1. The van der Waals surface area contributed by atoms with E-state index in [-0.39, 0.29) is 11.3 Å². The highest BCUT2D eigenvalue weighted by molar-refractivity contribution is 7.91. The van der Waals surface area contributed by atoms with Crippen LogP contribution in [-0.2, 0) is 9.84 Å². The van der Waals surface area contributed by atoms with Crippen molar-refractivity contribution >= 4 is 9.84 Å². The Labute approximate surface area is 106 Å². The molecule has 2 N–H and O–H groups in total. The van der Waals surface area contributed by atoms with Gasteiger partial charge in [0.25, 0.3) is 0 Å². The van der Waals surface area contributed by atoms with Crippen LogP contribution < -0.4 is 5.73 Å². The van der Waals surface area contributed by atoms with Crippen molar-refractivity contribution in [3.8, 4) is 0 Å². The molecule has 1 rings (SSSR count). The quantitative estimate of drug-likeness (QED) is 0.826. The van der Waals surface area contributed by atoms with Crippen LogP contribution in [0.2, 0.25) is 0 Å². The van der Waals surface area contributed by atoms with E-state index < -0.39 is 9.84 Å². The summed E-state index contributed by atoms with van der Waals surface area (Å²) in [5, 5.41) is -0.149. The van der Waals surface area contributed by atoms with E-state index >= 15 is 0 Å². The average Bonchev–Trinajstić information content (AvgIpc) is 2.28. The van der Waals surface area contributed by atoms with Crippen LogP contribution in [0.15, 0.2) is 0 Å². The number of nitrogens with two attached hydrogens (primary N) is 1. The van der Waals surface area contributed by atoms with Crippen LogP contribution in [0.4, 0.5) is 0 Å². The van der Waals surface area contributed by atoms with Crippen molar-refractivity contribution in [1.29, 1.82) is 0 Å². The second-order valence-corrected chi connectivity index (χ2v) is 8.12.